The second-order valence-electron chi connectivity index (χ2n) is 4.87. The first-order chi connectivity index (χ1) is 10.6. The molecule has 3 rings (SSSR count). The van der Waals surface area contributed by atoms with Crippen molar-refractivity contribution in [1.82, 2.24) is 15.2 Å². The topological polar surface area (TPSA) is 41.6 Å². The van der Waals surface area contributed by atoms with Crippen molar-refractivity contribution in [2.75, 3.05) is 0 Å². The molecule has 0 saturated heterocycles. The third-order valence-electron chi connectivity index (χ3n) is 3.14. The van der Waals surface area contributed by atoms with Crippen LogP contribution in [0.25, 0.3) is 11.4 Å². The number of hydrogen-bond donors (Lipinski definition) is 1. The van der Waals surface area contributed by atoms with Gasteiger partial charge in [0, 0.05) is 11.3 Å². The molecule has 6 heteroatoms. The van der Waals surface area contributed by atoms with Gasteiger partial charge in [-0.25, -0.2) is 4.98 Å². The zero-order valence-corrected chi connectivity index (χ0v) is 14.1. The van der Waals surface area contributed by atoms with E-state index >= 15 is 0 Å². The maximum Gasteiger partial charge on any atom is 0.209 e. The smallest absolute Gasteiger partial charge is 0.209 e. The summed E-state index contributed by atoms with van der Waals surface area (Å²) in [5.41, 5.74) is 3.33. The van der Waals surface area contributed by atoms with Crippen molar-refractivity contribution in [2.45, 2.75) is 17.8 Å². The molecule has 0 radical (unpaired) electrons. The van der Waals surface area contributed by atoms with Crippen molar-refractivity contribution in [1.29, 1.82) is 0 Å². The first-order valence-corrected chi connectivity index (χ1v) is 8.42. The van der Waals surface area contributed by atoms with Crippen LogP contribution >= 0.6 is 35.0 Å². The lowest BCUT2D eigenvalue weighted by Crippen LogP contribution is -1.83. The first kappa shape index (κ1) is 15.4. The Bertz CT molecular complexity index is 784. The maximum atomic E-state index is 6.01. The molecule has 1 aromatic heterocycles. The zero-order chi connectivity index (χ0) is 15.5. The Labute approximate surface area is 143 Å². The van der Waals surface area contributed by atoms with Crippen LogP contribution < -0.4 is 0 Å². The molecule has 0 aliphatic rings. The van der Waals surface area contributed by atoms with E-state index in [1.165, 1.54) is 5.56 Å². The Morgan fingerprint density at radius 3 is 2.55 bits per heavy atom. The summed E-state index contributed by atoms with van der Waals surface area (Å²) in [6, 6.07) is 13.8. The molecule has 0 saturated carbocycles. The minimum atomic E-state index is 0.565. The van der Waals surface area contributed by atoms with Gasteiger partial charge in [-0.1, -0.05) is 70.9 Å². The lowest BCUT2D eigenvalue weighted by molar-refractivity contribution is 0.973. The fourth-order valence-corrected chi connectivity index (χ4v) is 2.99. The highest BCUT2D eigenvalue weighted by Gasteiger charge is 2.07. The molecule has 1 N–H and O–H groups in total. The number of hydrogen-bond acceptors (Lipinski definition) is 3. The molecule has 0 aliphatic heterocycles. The summed E-state index contributed by atoms with van der Waals surface area (Å²) in [4.78, 5) is 4.50. The predicted octanol–water partition coefficient (Wildman–Crippen LogP) is 5.38. The van der Waals surface area contributed by atoms with E-state index in [1.54, 1.807) is 17.8 Å². The Balaban J connectivity index is 1.69. The van der Waals surface area contributed by atoms with Gasteiger partial charge >= 0.3 is 0 Å². The highest BCUT2D eigenvalue weighted by atomic mass is 35.5. The molecule has 0 unspecified atom stereocenters. The van der Waals surface area contributed by atoms with E-state index in [-0.39, 0.29) is 0 Å². The Hall–Kier alpha value is -1.49. The third-order valence-corrected chi connectivity index (χ3v) is 4.80. The van der Waals surface area contributed by atoms with Crippen molar-refractivity contribution >= 4 is 35.0 Å². The van der Waals surface area contributed by atoms with E-state index in [9.17, 15) is 0 Å². The fraction of sp³-hybridized carbons (Fsp3) is 0.125. The molecule has 3 aromatic rings. The minimum absolute atomic E-state index is 0.565. The van der Waals surface area contributed by atoms with E-state index < -0.39 is 0 Å². The molecule has 22 heavy (non-hydrogen) atoms. The molecule has 0 amide bonds. The van der Waals surface area contributed by atoms with Crippen LogP contribution in [0.5, 0.6) is 0 Å². The van der Waals surface area contributed by atoms with Gasteiger partial charge in [0.2, 0.25) is 5.16 Å². The first-order valence-electron chi connectivity index (χ1n) is 6.68. The molecule has 0 spiro atoms. The van der Waals surface area contributed by atoms with Crippen LogP contribution in [-0.2, 0) is 5.75 Å². The molecule has 0 aliphatic carbocycles. The number of aromatic amines is 1. The largest absolute Gasteiger partial charge is 0.258 e. The number of thioether (sulfide) groups is 1. The minimum Gasteiger partial charge on any atom is -0.258 e. The van der Waals surface area contributed by atoms with Gasteiger partial charge in [-0.15, -0.1) is 5.10 Å². The zero-order valence-electron chi connectivity index (χ0n) is 11.8. The van der Waals surface area contributed by atoms with Crippen molar-refractivity contribution in [2.24, 2.45) is 0 Å². The van der Waals surface area contributed by atoms with E-state index in [2.05, 4.69) is 34.2 Å². The maximum absolute atomic E-state index is 6.01. The van der Waals surface area contributed by atoms with E-state index in [1.807, 2.05) is 24.3 Å². The monoisotopic (exact) mass is 349 g/mol. The van der Waals surface area contributed by atoms with Crippen LogP contribution in [0, 0.1) is 6.92 Å². The Kier molecular flexibility index (Phi) is 4.71. The number of halogens is 2. The van der Waals surface area contributed by atoms with Gasteiger partial charge in [0.05, 0.1) is 10.0 Å². The molecule has 0 atom stereocenters. The van der Waals surface area contributed by atoms with Crippen LogP contribution in [0.15, 0.2) is 47.6 Å². The fourth-order valence-electron chi connectivity index (χ4n) is 1.93. The lowest BCUT2D eigenvalue weighted by atomic mass is 10.1. The standard InChI is InChI=1S/C16H13Cl2N3S/c1-10-2-5-12(6-3-10)15-19-16(21-20-15)22-9-11-4-7-13(17)14(18)8-11/h2-8H,9H2,1H3,(H,19,20,21). The molecular weight excluding hydrogens is 337 g/mol. The summed E-state index contributed by atoms with van der Waals surface area (Å²) in [6.45, 7) is 2.06. The molecule has 0 bridgehead atoms. The SMILES string of the molecule is Cc1ccc(-c2nc(SCc3ccc(Cl)c(Cl)c3)n[nH]2)cc1. The van der Waals surface area contributed by atoms with Crippen LogP contribution in [0.4, 0.5) is 0 Å². The summed E-state index contributed by atoms with van der Waals surface area (Å²) < 4.78 is 0. The third kappa shape index (κ3) is 3.64. The number of aromatic nitrogens is 3. The molecule has 0 fully saturated rings. The second-order valence-corrected chi connectivity index (χ2v) is 6.63. The number of aryl methyl sites for hydroxylation is 1. The highest BCUT2D eigenvalue weighted by molar-refractivity contribution is 7.98. The Morgan fingerprint density at radius 1 is 1.05 bits per heavy atom. The van der Waals surface area contributed by atoms with Crippen LogP contribution in [-0.4, -0.2) is 15.2 Å². The van der Waals surface area contributed by atoms with Crippen LogP contribution in [0.2, 0.25) is 10.0 Å². The van der Waals surface area contributed by atoms with Crippen molar-refractivity contribution in [3.05, 3.63) is 63.6 Å². The van der Waals surface area contributed by atoms with Crippen LogP contribution in [0.3, 0.4) is 0 Å². The highest BCUT2D eigenvalue weighted by Crippen LogP contribution is 2.27. The average molecular weight is 350 g/mol. The van der Waals surface area contributed by atoms with E-state index in [0.717, 1.165) is 22.7 Å². The number of nitrogens with zero attached hydrogens (tertiary/aromatic N) is 2. The summed E-state index contributed by atoms with van der Waals surface area (Å²) in [7, 11) is 0. The van der Waals surface area contributed by atoms with Gasteiger partial charge in [-0.05, 0) is 24.6 Å². The normalized spacial score (nSPS) is 10.9. The van der Waals surface area contributed by atoms with Crippen molar-refractivity contribution in [3.8, 4) is 11.4 Å². The van der Waals surface area contributed by atoms with Gasteiger partial charge in [-0.3, -0.25) is 5.10 Å². The molecule has 3 nitrogen and oxygen atoms in total. The number of H-pyrrole nitrogens is 1. The molecular formula is C16H13Cl2N3S. The van der Waals surface area contributed by atoms with Crippen molar-refractivity contribution < 1.29 is 0 Å². The lowest BCUT2D eigenvalue weighted by Gasteiger charge is -2.01. The van der Waals surface area contributed by atoms with Crippen LogP contribution in [0.1, 0.15) is 11.1 Å². The van der Waals surface area contributed by atoms with Gasteiger partial charge in [0.25, 0.3) is 0 Å². The molecule has 2 aromatic carbocycles. The van der Waals surface area contributed by atoms with Gasteiger partial charge in [0.15, 0.2) is 5.82 Å². The van der Waals surface area contributed by atoms with Crippen molar-refractivity contribution in [3.63, 3.8) is 0 Å². The Morgan fingerprint density at radius 2 is 1.82 bits per heavy atom. The number of nitrogens with one attached hydrogen (secondary N) is 1. The van der Waals surface area contributed by atoms with E-state index in [0.29, 0.717) is 15.2 Å². The molecule has 1 heterocycles. The quantitative estimate of drug-likeness (QED) is 0.643. The summed E-state index contributed by atoms with van der Waals surface area (Å²) in [5, 5.41) is 9.05. The number of benzene rings is 2. The molecule has 112 valence electrons. The number of rotatable bonds is 4. The van der Waals surface area contributed by atoms with Gasteiger partial charge in [0.1, 0.15) is 0 Å². The van der Waals surface area contributed by atoms with E-state index in [4.69, 9.17) is 23.2 Å². The van der Waals surface area contributed by atoms with Gasteiger partial charge < -0.3 is 0 Å². The second kappa shape index (κ2) is 6.73. The van der Waals surface area contributed by atoms with Gasteiger partial charge in [-0.2, -0.15) is 0 Å². The summed E-state index contributed by atoms with van der Waals surface area (Å²) >= 11 is 13.5. The summed E-state index contributed by atoms with van der Waals surface area (Å²) in [5.74, 6) is 1.51. The average Bonchev–Trinajstić information content (AvgIpc) is 2.98. The summed E-state index contributed by atoms with van der Waals surface area (Å²) in [6.07, 6.45) is 0. The predicted molar refractivity (Wildman–Crippen MR) is 92.6 cm³/mol.